The molecule has 12 heavy (non-hydrogen) atoms. The van der Waals surface area contributed by atoms with Crippen molar-refractivity contribution in [3.63, 3.8) is 0 Å². The zero-order valence-corrected chi connectivity index (χ0v) is 7.89. The Balaban J connectivity index is 2.27. The second kappa shape index (κ2) is 4.45. The van der Waals surface area contributed by atoms with Crippen molar-refractivity contribution < 1.29 is 4.79 Å². The third-order valence-corrected chi connectivity index (χ3v) is 2.43. The Hall–Kier alpha value is -0.570. The van der Waals surface area contributed by atoms with Gasteiger partial charge in [0.25, 0.3) is 0 Å². The molecule has 1 heterocycles. The van der Waals surface area contributed by atoms with E-state index >= 15 is 0 Å². The molecular formula is C9H18N2O. The second-order valence-electron chi connectivity index (χ2n) is 3.51. The van der Waals surface area contributed by atoms with E-state index in [0.29, 0.717) is 6.04 Å². The number of hydrogen-bond acceptors (Lipinski definition) is 2. The van der Waals surface area contributed by atoms with Crippen LogP contribution < -0.4 is 10.6 Å². The first-order valence-corrected chi connectivity index (χ1v) is 4.75. The van der Waals surface area contributed by atoms with Crippen molar-refractivity contribution in [3.8, 4) is 0 Å². The summed E-state index contributed by atoms with van der Waals surface area (Å²) in [5, 5.41) is 6.18. The topological polar surface area (TPSA) is 41.1 Å². The summed E-state index contributed by atoms with van der Waals surface area (Å²) in [6.45, 7) is 5.96. The van der Waals surface area contributed by atoms with Crippen LogP contribution in [-0.4, -0.2) is 25.0 Å². The number of nitrogens with one attached hydrogen (secondary N) is 2. The normalized spacial score (nSPS) is 25.3. The molecule has 2 N–H and O–H groups in total. The molecule has 2 atom stereocenters. The van der Waals surface area contributed by atoms with E-state index in [1.165, 1.54) is 0 Å². The zero-order valence-electron chi connectivity index (χ0n) is 7.89. The summed E-state index contributed by atoms with van der Waals surface area (Å²) in [7, 11) is 0. The molecule has 0 spiro atoms. The summed E-state index contributed by atoms with van der Waals surface area (Å²) in [5.41, 5.74) is 0. The van der Waals surface area contributed by atoms with Gasteiger partial charge in [0.05, 0.1) is 5.92 Å². The molecular weight excluding hydrogens is 152 g/mol. The Morgan fingerprint density at radius 1 is 1.75 bits per heavy atom. The minimum Gasteiger partial charge on any atom is -0.353 e. The average Bonchev–Trinajstić information content (AvgIpc) is 2.56. The van der Waals surface area contributed by atoms with Crippen LogP contribution in [0.1, 0.15) is 26.7 Å². The van der Waals surface area contributed by atoms with Crippen molar-refractivity contribution in [1.82, 2.24) is 10.6 Å². The molecule has 3 heteroatoms. The third-order valence-electron chi connectivity index (χ3n) is 2.43. The van der Waals surface area contributed by atoms with Crippen LogP contribution in [0.5, 0.6) is 0 Å². The molecule has 1 aliphatic heterocycles. The van der Waals surface area contributed by atoms with Gasteiger partial charge in [-0.1, -0.05) is 6.92 Å². The Bertz CT molecular complexity index is 153. The van der Waals surface area contributed by atoms with Crippen molar-refractivity contribution in [3.05, 3.63) is 0 Å². The van der Waals surface area contributed by atoms with E-state index in [-0.39, 0.29) is 11.8 Å². The first kappa shape index (κ1) is 9.52. The zero-order chi connectivity index (χ0) is 8.97. The Labute approximate surface area is 73.9 Å². The fourth-order valence-corrected chi connectivity index (χ4v) is 1.34. The molecule has 1 saturated heterocycles. The molecule has 70 valence electrons. The molecule has 1 rings (SSSR count). The van der Waals surface area contributed by atoms with Gasteiger partial charge in [0.1, 0.15) is 0 Å². The molecule has 0 aromatic carbocycles. The lowest BCUT2D eigenvalue weighted by molar-refractivity contribution is -0.125. The Morgan fingerprint density at radius 2 is 2.50 bits per heavy atom. The lowest BCUT2D eigenvalue weighted by Crippen LogP contribution is -2.37. The molecule has 1 fully saturated rings. The fraction of sp³-hybridized carbons (Fsp3) is 0.889. The van der Waals surface area contributed by atoms with E-state index in [4.69, 9.17) is 0 Å². The van der Waals surface area contributed by atoms with Crippen LogP contribution >= 0.6 is 0 Å². The maximum atomic E-state index is 11.5. The van der Waals surface area contributed by atoms with Crippen LogP contribution in [-0.2, 0) is 4.79 Å². The van der Waals surface area contributed by atoms with Crippen molar-refractivity contribution >= 4 is 5.91 Å². The number of carbonyl (C=O) groups excluding carboxylic acids is 1. The smallest absolute Gasteiger partial charge is 0.224 e. The highest BCUT2D eigenvalue weighted by atomic mass is 16.2. The Kier molecular flexibility index (Phi) is 3.53. The van der Waals surface area contributed by atoms with Crippen molar-refractivity contribution in [1.29, 1.82) is 0 Å². The molecule has 0 aliphatic carbocycles. The van der Waals surface area contributed by atoms with E-state index in [1.807, 2.05) is 6.92 Å². The van der Waals surface area contributed by atoms with Crippen LogP contribution in [0.2, 0.25) is 0 Å². The summed E-state index contributed by atoms with van der Waals surface area (Å²) in [5.74, 6) is 0.424. The first-order valence-electron chi connectivity index (χ1n) is 4.75. The van der Waals surface area contributed by atoms with Gasteiger partial charge in [-0.2, -0.15) is 0 Å². The quantitative estimate of drug-likeness (QED) is 0.648. The van der Waals surface area contributed by atoms with E-state index in [2.05, 4.69) is 17.6 Å². The summed E-state index contributed by atoms with van der Waals surface area (Å²) in [6, 6.07) is 0.318. The maximum Gasteiger partial charge on any atom is 0.224 e. The van der Waals surface area contributed by atoms with Crippen LogP contribution in [0.25, 0.3) is 0 Å². The van der Waals surface area contributed by atoms with Gasteiger partial charge >= 0.3 is 0 Å². The first-order chi connectivity index (χ1) is 5.74. The molecule has 1 amide bonds. The highest BCUT2D eigenvalue weighted by molar-refractivity contribution is 5.79. The number of rotatable bonds is 3. The van der Waals surface area contributed by atoms with E-state index in [0.717, 1.165) is 25.9 Å². The highest BCUT2D eigenvalue weighted by Crippen LogP contribution is 2.07. The SMILES string of the molecule is CCC(C)NC(=O)[C@H]1CCNC1. The number of amides is 1. The van der Waals surface area contributed by atoms with Crippen molar-refractivity contribution in [2.24, 2.45) is 5.92 Å². The van der Waals surface area contributed by atoms with Gasteiger partial charge in [-0.05, 0) is 26.3 Å². The van der Waals surface area contributed by atoms with Crippen LogP contribution in [0.15, 0.2) is 0 Å². The van der Waals surface area contributed by atoms with Gasteiger partial charge in [-0.3, -0.25) is 4.79 Å². The van der Waals surface area contributed by atoms with Crippen molar-refractivity contribution in [2.75, 3.05) is 13.1 Å². The minimum atomic E-state index is 0.207. The molecule has 0 radical (unpaired) electrons. The minimum absolute atomic E-state index is 0.207. The maximum absolute atomic E-state index is 11.5. The second-order valence-corrected chi connectivity index (χ2v) is 3.51. The van der Waals surface area contributed by atoms with Gasteiger partial charge in [0, 0.05) is 12.6 Å². The summed E-state index contributed by atoms with van der Waals surface area (Å²) >= 11 is 0. The van der Waals surface area contributed by atoms with E-state index < -0.39 is 0 Å². The predicted octanol–water partition coefficient (Wildman–Crippen LogP) is 0.511. The predicted molar refractivity (Wildman–Crippen MR) is 48.9 cm³/mol. The van der Waals surface area contributed by atoms with Gasteiger partial charge < -0.3 is 10.6 Å². The lowest BCUT2D eigenvalue weighted by atomic mass is 10.1. The molecule has 0 aromatic heterocycles. The molecule has 0 bridgehead atoms. The third kappa shape index (κ3) is 2.48. The molecule has 0 aromatic rings. The summed E-state index contributed by atoms with van der Waals surface area (Å²) in [4.78, 5) is 11.5. The van der Waals surface area contributed by atoms with Crippen LogP contribution in [0.4, 0.5) is 0 Å². The van der Waals surface area contributed by atoms with Crippen molar-refractivity contribution in [2.45, 2.75) is 32.7 Å². The van der Waals surface area contributed by atoms with Crippen LogP contribution in [0.3, 0.4) is 0 Å². The molecule has 3 nitrogen and oxygen atoms in total. The highest BCUT2D eigenvalue weighted by Gasteiger charge is 2.22. The standard InChI is InChI=1S/C9H18N2O/c1-3-7(2)11-9(12)8-4-5-10-6-8/h7-8,10H,3-6H2,1-2H3,(H,11,12)/t7?,8-/m0/s1. The van der Waals surface area contributed by atoms with Gasteiger partial charge in [0.15, 0.2) is 0 Å². The lowest BCUT2D eigenvalue weighted by Gasteiger charge is -2.14. The number of hydrogen-bond donors (Lipinski definition) is 2. The van der Waals surface area contributed by atoms with E-state index in [1.54, 1.807) is 0 Å². The monoisotopic (exact) mass is 170 g/mol. The van der Waals surface area contributed by atoms with Gasteiger partial charge in [-0.25, -0.2) is 0 Å². The fourth-order valence-electron chi connectivity index (χ4n) is 1.34. The summed E-state index contributed by atoms with van der Waals surface area (Å²) < 4.78 is 0. The number of carbonyl (C=O) groups is 1. The van der Waals surface area contributed by atoms with Gasteiger partial charge in [0.2, 0.25) is 5.91 Å². The average molecular weight is 170 g/mol. The Morgan fingerprint density at radius 3 is 3.00 bits per heavy atom. The van der Waals surface area contributed by atoms with Gasteiger partial charge in [-0.15, -0.1) is 0 Å². The van der Waals surface area contributed by atoms with Crippen LogP contribution in [0, 0.1) is 5.92 Å². The molecule has 1 unspecified atom stereocenters. The van der Waals surface area contributed by atoms with E-state index in [9.17, 15) is 4.79 Å². The largest absolute Gasteiger partial charge is 0.353 e. The summed E-state index contributed by atoms with van der Waals surface area (Å²) in [6.07, 6.45) is 1.99. The molecule has 0 saturated carbocycles. The molecule has 1 aliphatic rings.